The second-order valence-electron chi connectivity index (χ2n) is 5.19. The number of hydrogen-bond donors (Lipinski definition) is 1. The van der Waals surface area contributed by atoms with Gasteiger partial charge in [0.25, 0.3) is 0 Å². The smallest absolute Gasteiger partial charge is 0.226 e. The molecular formula is C14H17NO. The fraction of sp³-hybridized carbons (Fsp3) is 0.500. The maximum Gasteiger partial charge on any atom is 0.226 e. The molecule has 2 fully saturated rings. The molecule has 1 atom stereocenters. The lowest BCUT2D eigenvalue weighted by molar-refractivity contribution is -0.132. The molecule has 0 aromatic heterocycles. The van der Waals surface area contributed by atoms with Gasteiger partial charge in [0.1, 0.15) is 0 Å². The Labute approximate surface area is 96.1 Å². The minimum absolute atomic E-state index is 0.0617. The number of carbonyl (C=O) groups is 1. The molecule has 1 N–H and O–H groups in total. The molecule has 1 saturated carbocycles. The average Bonchev–Trinajstić information content (AvgIpc) is 2.55. The molecule has 1 aromatic carbocycles. The van der Waals surface area contributed by atoms with Gasteiger partial charge in [-0.05, 0) is 25.3 Å². The first kappa shape index (κ1) is 9.88. The van der Waals surface area contributed by atoms with Gasteiger partial charge in [-0.15, -0.1) is 0 Å². The van der Waals surface area contributed by atoms with Gasteiger partial charge in [-0.3, -0.25) is 4.79 Å². The molecule has 3 rings (SSSR count). The molecule has 84 valence electrons. The summed E-state index contributed by atoms with van der Waals surface area (Å²) in [4.78, 5) is 11.9. The summed E-state index contributed by atoms with van der Waals surface area (Å²) in [5, 5.41) is 3.04. The van der Waals surface area contributed by atoms with E-state index in [1.807, 2.05) is 0 Å². The largest absolute Gasteiger partial charge is 0.355 e. The molecule has 2 heteroatoms. The summed E-state index contributed by atoms with van der Waals surface area (Å²) < 4.78 is 0. The van der Waals surface area contributed by atoms with Gasteiger partial charge in [-0.2, -0.15) is 0 Å². The summed E-state index contributed by atoms with van der Waals surface area (Å²) >= 11 is 0. The Hall–Kier alpha value is -1.31. The third kappa shape index (κ3) is 1.22. The van der Waals surface area contributed by atoms with Gasteiger partial charge in [0, 0.05) is 12.5 Å². The molecule has 1 aliphatic carbocycles. The zero-order valence-electron chi connectivity index (χ0n) is 9.62. The van der Waals surface area contributed by atoms with Crippen LogP contribution in [0.5, 0.6) is 0 Å². The highest BCUT2D eigenvalue weighted by molar-refractivity contribution is 5.87. The van der Waals surface area contributed by atoms with E-state index in [9.17, 15) is 4.79 Å². The summed E-state index contributed by atoms with van der Waals surface area (Å²) in [5.41, 5.74) is 2.55. The van der Waals surface area contributed by atoms with Crippen molar-refractivity contribution >= 4 is 5.91 Å². The first-order valence-corrected chi connectivity index (χ1v) is 6.07. The van der Waals surface area contributed by atoms with Crippen molar-refractivity contribution in [3.05, 3.63) is 35.4 Å². The molecule has 1 heterocycles. The van der Waals surface area contributed by atoms with Crippen LogP contribution in [0, 0.1) is 12.3 Å². The fourth-order valence-electron chi connectivity index (χ4n) is 3.18. The van der Waals surface area contributed by atoms with E-state index in [-0.39, 0.29) is 11.3 Å². The summed E-state index contributed by atoms with van der Waals surface area (Å²) in [6.45, 7) is 2.93. The van der Waals surface area contributed by atoms with Crippen LogP contribution in [0.15, 0.2) is 24.3 Å². The van der Waals surface area contributed by atoms with Crippen molar-refractivity contribution in [1.82, 2.24) is 5.32 Å². The van der Waals surface area contributed by atoms with Gasteiger partial charge in [0.05, 0.1) is 5.41 Å². The number of benzene rings is 1. The summed E-state index contributed by atoms with van der Waals surface area (Å²) in [7, 11) is 0. The maximum absolute atomic E-state index is 11.9. The average molecular weight is 215 g/mol. The Bertz CT molecular complexity index is 434. The SMILES string of the molecule is Cc1cccc([C@H]2CNC(=O)C23CCC3)c1. The molecule has 1 amide bonds. The van der Waals surface area contributed by atoms with Gasteiger partial charge < -0.3 is 5.32 Å². The van der Waals surface area contributed by atoms with Crippen molar-refractivity contribution in [3.8, 4) is 0 Å². The van der Waals surface area contributed by atoms with Crippen molar-refractivity contribution < 1.29 is 4.79 Å². The number of aryl methyl sites for hydroxylation is 1. The quantitative estimate of drug-likeness (QED) is 0.765. The van der Waals surface area contributed by atoms with Crippen LogP contribution in [0.1, 0.15) is 36.3 Å². The first-order chi connectivity index (χ1) is 7.72. The molecule has 1 spiro atoms. The van der Waals surface area contributed by atoms with E-state index in [4.69, 9.17) is 0 Å². The van der Waals surface area contributed by atoms with Crippen LogP contribution in [0.3, 0.4) is 0 Å². The van der Waals surface area contributed by atoms with Crippen molar-refractivity contribution in [2.45, 2.75) is 32.1 Å². The van der Waals surface area contributed by atoms with Crippen molar-refractivity contribution in [2.75, 3.05) is 6.54 Å². The van der Waals surface area contributed by atoms with Crippen molar-refractivity contribution in [2.24, 2.45) is 5.41 Å². The lowest BCUT2D eigenvalue weighted by Gasteiger charge is -2.40. The zero-order chi connectivity index (χ0) is 11.2. The molecule has 2 aliphatic rings. The van der Waals surface area contributed by atoms with Crippen molar-refractivity contribution in [3.63, 3.8) is 0 Å². The fourth-order valence-corrected chi connectivity index (χ4v) is 3.18. The van der Waals surface area contributed by atoms with Gasteiger partial charge in [0.2, 0.25) is 5.91 Å². The predicted molar refractivity (Wildman–Crippen MR) is 63.2 cm³/mol. The van der Waals surface area contributed by atoms with E-state index >= 15 is 0 Å². The van der Waals surface area contributed by atoms with E-state index in [0.717, 1.165) is 19.4 Å². The highest BCUT2D eigenvalue weighted by Gasteiger charge is 2.54. The van der Waals surface area contributed by atoms with E-state index in [0.29, 0.717) is 5.92 Å². The molecule has 1 aromatic rings. The molecule has 0 unspecified atom stereocenters. The Morgan fingerprint density at radius 3 is 2.81 bits per heavy atom. The Morgan fingerprint density at radius 1 is 1.38 bits per heavy atom. The van der Waals surface area contributed by atoms with Gasteiger partial charge >= 0.3 is 0 Å². The minimum atomic E-state index is -0.0617. The molecule has 1 aliphatic heterocycles. The van der Waals surface area contributed by atoms with Crippen LogP contribution in [0.2, 0.25) is 0 Å². The standard InChI is InChI=1S/C14H17NO/c1-10-4-2-5-11(8-10)12-9-15-13(16)14(12)6-3-7-14/h2,4-5,8,12H,3,6-7,9H2,1H3,(H,15,16)/t12-/m1/s1. The molecular weight excluding hydrogens is 198 g/mol. The summed E-state index contributed by atoms with van der Waals surface area (Å²) in [6, 6.07) is 8.60. The number of amides is 1. The lowest BCUT2D eigenvalue weighted by Crippen LogP contribution is -2.40. The van der Waals surface area contributed by atoms with Crippen LogP contribution >= 0.6 is 0 Å². The topological polar surface area (TPSA) is 29.1 Å². The van der Waals surface area contributed by atoms with Gasteiger partial charge in [0.15, 0.2) is 0 Å². The molecule has 1 saturated heterocycles. The molecule has 2 nitrogen and oxygen atoms in total. The van der Waals surface area contributed by atoms with Crippen LogP contribution in [0.4, 0.5) is 0 Å². The highest BCUT2D eigenvalue weighted by atomic mass is 16.2. The monoisotopic (exact) mass is 215 g/mol. The second kappa shape index (κ2) is 3.34. The number of carbonyl (C=O) groups excluding carboxylic acids is 1. The predicted octanol–water partition coefficient (Wildman–Crippen LogP) is 2.38. The van der Waals surface area contributed by atoms with E-state index in [1.165, 1.54) is 17.5 Å². The molecule has 16 heavy (non-hydrogen) atoms. The Kier molecular flexibility index (Phi) is 2.06. The molecule has 0 radical (unpaired) electrons. The first-order valence-electron chi connectivity index (χ1n) is 6.07. The van der Waals surface area contributed by atoms with E-state index < -0.39 is 0 Å². The zero-order valence-corrected chi connectivity index (χ0v) is 9.62. The summed E-state index contributed by atoms with van der Waals surface area (Å²) in [6.07, 6.45) is 3.34. The second-order valence-corrected chi connectivity index (χ2v) is 5.19. The third-order valence-electron chi connectivity index (χ3n) is 4.28. The normalized spacial score (nSPS) is 26.6. The highest BCUT2D eigenvalue weighted by Crippen LogP contribution is 2.54. The van der Waals surface area contributed by atoms with Gasteiger partial charge in [-0.1, -0.05) is 36.2 Å². The Balaban J connectivity index is 1.98. The number of rotatable bonds is 1. The number of nitrogens with one attached hydrogen (secondary N) is 1. The van der Waals surface area contributed by atoms with E-state index in [1.54, 1.807) is 0 Å². The lowest BCUT2D eigenvalue weighted by atomic mass is 9.60. The van der Waals surface area contributed by atoms with Crippen molar-refractivity contribution in [1.29, 1.82) is 0 Å². The third-order valence-corrected chi connectivity index (χ3v) is 4.28. The summed E-state index contributed by atoms with van der Waals surface area (Å²) in [5.74, 6) is 0.680. The van der Waals surface area contributed by atoms with Crippen LogP contribution < -0.4 is 5.32 Å². The number of hydrogen-bond acceptors (Lipinski definition) is 1. The molecule has 0 bridgehead atoms. The minimum Gasteiger partial charge on any atom is -0.355 e. The van der Waals surface area contributed by atoms with Crippen LogP contribution in [0.25, 0.3) is 0 Å². The van der Waals surface area contributed by atoms with E-state index in [2.05, 4.69) is 36.5 Å². The Morgan fingerprint density at radius 2 is 2.19 bits per heavy atom. The van der Waals surface area contributed by atoms with Crippen LogP contribution in [-0.4, -0.2) is 12.5 Å². The van der Waals surface area contributed by atoms with Crippen LogP contribution in [-0.2, 0) is 4.79 Å². The van der Waals surface area contributed by atoms with Gasteiger partial charge in [-0.25, -0.2) is 0 Å². The maximum atomic E-state index is 11.9.